The summed E-state index contributed by atoms with van der Waals surface area (Å²) in [4.78, 5) is 41.2. The highest BCUT2D eigenvalue weighted by Gasteiger charge is 2.60. The highest BCUT2D eigenvalue weighted by molar-refractivity contribution is 6.30. The Morgan fingerprint density at radius 3 is 2.33 bits per heavy atom. The molecule has 0 spiro atoms. The number of carbonyl (C=O) groups excluding carboxylic acids is 3. The Morgan fingerprint density at radius 1 is 1.00 bits per heavy atom. The van der Waals surface area contributed by atoms with Gasteiger partial charge < -0.3 is 19.9 Å². The minimum absolute atomic E-state index is 0.00804. The Morgan fingerprint density at radius 2 is 1.69 bits per heavy atom. The van der Waals surface area contributed by atoms with Crippen molar-refractivity contribution >= 4 is 35.1 Å². The molecule has 1 aliphatic heterocycles. The Hall–Kier alpha value is -3.72. The summed E-state index contributed by atoms with van der Waals surface area (Å²) in [6, 6.07) is 21.0. The molecule has 1 aliphatic rings. The van der Waals surface area contributed by atoms with E-state index in [9.17, 15) is 19.5 Å². The number of esters is 2. The van der Waals surface area contributed by atoms with Crippen molar-refractivity contribution < 1.29 is 29.0 Å². The third-order valence-corrected chi connectivity index (χ3v) is 7.15. The van der Waals surface area contributed by atoms with Crippen LogP contribution in [-0.4, -0.2) is 55.3 Å². The summed E-state index contributed by atoms with van der Waals surface area (Å²) >= 11 is 6.03. The van der Waals surface area contributed by atoms with Crippen LogP contribution in [0.5, 0.6) is 0 Å². The lowest BCUT2D eigenvalue weighted by molar-refractivity contribution is -0.160. The topological polar surface area (TPSA) is 105 Å². The van der Waals surface area contributed by atoms with E-state index in [2.05, 4.69) is 5.32 Å². The van der Waals surface area contributed by atoms with Gasteiger partial charge in [-0.3, -0.25) is 9.69 Å². The monoisotopic (exact) mass is 550 g/mol. The van der Waals surface area contributed by atoms with Gasteiger partial charge in [0.05, 0.1) is 20.3 Å². The number of hydrogen-bond acceptors (Lipinski definition) is 7. The molecule has 1 unspecified atom stereocenters. The molecule has 0 aliphatic carbocycles. The SMILES string of the molecule is COC(=O)C1(C(=O)OC)Cc2cc(CC(C)NC[C@H](O)c3cccc(Cl)c3)ccc2N1C(=O)c1ccccc1. The lowest BCUT2D eigenvalue weighted by Crippen LogP contribution is -2.62. The van der Waals surface area contributed by atoms with Gasteiger partial charge in [-0.25, -0.2) is 9.59 Å². The quantitative estimate of drug-likeness (QED) is 0.308. The van der Waals surface area contributed by atoms with Gasteiger partial charge in [-0.2, -0.15) is 0 Å². The molecule has 0 saturated carbocycles. The molecule has 3 aromatic carbocycles. The molecule has 9 heteroatoms. The van der Waals surface area contributed by atoms with Gasteiger partial charge >= 0.3 is 11.9 Å². The number of fused-ring (bicyclic) bond motifs is 1. The fraction of sp³-hybridized carbons (Fsp3) is 0.300. The van der Waals surface area contributed by atoms with Crippen LogP contribution < -0.4 is 10.2 Å². The standard InChI is InChI=1S/C30H31ClN2O6/c1-19(32-18-26(34)22-10-7-11-24(31)16-22)14-20-12-13-25-23(15-20)17-30(28(36)38-2,29(37)39-3)33(25)27(35)21-8-5-4-6-9-21/h4-13,15-16,19,26,32,34H,14,17-18H2,1-3H3/t19?,26-/m0/s1. The van der Waals surface area contributed by atoms with E-state index in [4.69, 9.17) is 21.1 Å². The van der Waals surface area contributed by atoms with Crippen molar-refractivity contribution in [2.24, 2.45) is 0 Å². The number of aliphatic hydroxyl groups is 1. The highest BCUT2D eigenvalue weighted by atomic mass is 35.5. The van der Waals surface area contributed by atoms with E-state index >= 15 is 0 Å². The van der Waals surface area contributed by atoms with Gasteiger partial charge in [0, 0.05) is 35.3 Å². The van der Waals surface area contributed by atoms with Crippen molar-refractivity contribution in [2.45, 2.75) is 37.5 Å². The van der Waals surface area contributed by atoms with Gasteiger partial charge in [0.15, 0.2) is 0 Å². The highest BCUT2D eigenvalue weighted by Crippen LogP contribution is 2.42. The number of hydrogen-bond donors (Lipinski definition) is 2. The molecule has 39 heavy (non-hydrogen) atoms. The van der Waals surface area contributed by atoms with Crippen molar-refractivity contribution in [3.63, 3.8) is 0 Å². The molecule has 1 amide bonds. The zero-order valence-electron chi connectivity index (χ0n) is 22.0. The predicted molar refractivity (Wildman–Crippen MR) is 148 cm³/mol. The van der Waals surface area contributed by atoms with Gasteiger partial charge in [-0.1, -0.05) is 54.1 Å². The van der Waals surface area contributed by atoms with Crippen LogP contribution in [0, 0.1) is 0 Å². The molecular weight excluding hydrogens is 520 g/mol. The fourth-order valence-electron chi connectivity index (χ4n) is 5.00. The number of nitrogens with zero attached hydrogens (tertiary/aromatic N) is 1. The van der Waals surface area contributed by atoms with E-state index in [-0.39, 0.29) is 12.5 Å². The molecule has 0 bridgehead atoms. The van der Waals surface area contributed by atoms with Gasteiger partial charge in [-0.05, 0) is 60.4 Å². The Bertz CT molecular complexity index is 1350. The van der Waals surface area contributed by atoms with Crippen LogP contribution in [0.1, 0.15) is 40.1 Å². The average Bonchev–Trinajstić information content (AvgIpc) is 3.30. The van der Waals surface area contributed by atoms with Crippen LogP contribution in [0.15, 0.2) is 72.8 Å². The van der Waals surface area contributed by atoms with Gasteiger partial charge in [-0.15, -0.1) is 0 Å². The lowest BCUT2D eigenvalue weighted by Gasteiger charge is -2.33. The van der Waals surface area contributed by atoms with Gasteiger partial charge in [0.25, 0.3) is 5.91 Å². The smallest absolute Gasteiger partial charge is 0.344 e. The summed E-state index contributed by atoms with van der Waals surface area (Å²) in [6.45, 7) is 2.33. The van der Waals surface area contributed by atoms with Gasteiger partial charge in [0.2, 0.25) is 5.54 Å². The maximum Gasteiger partial charge on any atom is 0.344 e. The van der Waals surface area contributed by atoms with Crippen molar-refractivity contribution in [2.75, 3.05) is 25.7 Å². The molecule has 2 N–H and O–H groups in total. The van der Waals surface area contributed by atoms with Crippen molar-refractivity contribution in [1.29, 1.82) is 0 Å². The lowest BCUT2D eigenvalue weighted by atomic mass is 9.92. The first-order chi connectivity index (χ1) is 18.7. The summed E-state index contributed by atoms with van der Waals surface area (Å²) in [5.74, 6) is -2.26. The minimum Gasteiger partial charge on any atom is -0.467 e. The summed E-state index contributed by atoms with van der Waals surface area (Å²) in [7, 11) is 2.36. The minimum atomic E-state index is -1.98. The summed E-state index contributed by atoms with van der Waals surface area (Å²) in [6.07, 6.45) is -0.195. The number of halogens is 1. The van der Waals surface area contributed by atoms with Crippen LogP contribution in [-0.2, 0) is 31.9 Å². The largest absolute Gasteiger partial charge is 0.467 e. The van der Waals surface area contributed by atoms with E-state index in [0.717, 1.165) is 11.1 Å². The molecule has 0 aromatic heterocycles. The summed E-state index contributed by atoms with van der Waals surface area (Å²) < 4.78 is 10.1. The molecule has 1 heterocycles. The number of nitrogens with one attached hydrogen (secondary N) is 1. The number of aliphatic hydroxyl groups excluding tert-OH is 1. The molecule has 0 fully saturated rings. The molecule has 0 radical (unpaired) electrons. The Balaban J connectivity index is 1.59. The number of anilines is 1. The van der Waals surface area contributed by atoms with E-state index in [1.165, 1.54) is 19.1 Å². The van der Waals surface area contributed by atoms with E-state index in [1.807, 2.05) is 25.1 Å². The number of carbonyl (C=O) groups is 3. The van der Waals surface area contributed by atoms with Crippen LogP contribution in [0.3, 0.4) is 0 Å². The molecule has 4 rings (SSSR count). The second kappa shape index (κ2) is 12.0. The second-order valence-corrected chi connectivity index (χ2v) is 10.0. The number of amides is 1. The van der Waals surface area contributed by atoms with E-state index in [1.54, 1.807) is 54.6 Å². The second-order valence-electron chi connectivity index (χ2n) is 9.57. The first-order valence-electron chi connectivity index (χ1n) is 12.6. The summed E-state index contributed by atoms with van der Waals surface area (Å²) in [5.41, 5.74) is 1.10. The molecular formula is C30H31ClN2O6. The van der Waals surface area contributed by atoms with Crippen molar-refractivity contribution in [3.05, 3.63) is 100 Å². The Labute approximate surface area is 232 Å². The number of rotatable bonds is 9. The fourth-order valence-corrected chi connectivity index (χ4v) is 5.20. The summed E-state index contributed by atoms with van der Waals surface area (Å²) in [5, 5.41) is 14.4. The van der Waals surface area contributed by atoms with Crippen LogP contribution in [0.25, 0.3) is 0 Å². The van der Waals surface area contributed by atoms with Crippen molar-refractivity contribution in [3.8, 4) is 0 Å². The van der Waals surface area contributed by atoms with E-state index in [0.29, 0.717) is 34.8 Å². The Kier molecular flexibility index (Phi) is 8.70. The average molecular weight is 551 g/mol. The zero-order valence-corrected chi connectivity index (χ0v) is 22.8. The molecule has 2 atom stereocenters. The molecule has 0 saturated heterocycles. The third-order valence-electron chi connectivity index (χ3n) is 6.92. The maximum atomic E-state index is 13.7. The first-order valence-corrected chi connectivity index (χ1v) is 12.9. The number of benzene rings is 3. The number of methoxy groups -OCH3 is 2. The van der Waals surface area contributed by atoms with E-state index < -0.39 is 29.5 Å². The number of ether oxygens (including phenoxy) is 2. The predicted octanol–water partition coefficient (Wildman–Crippen LogP) is 3.88. The molecule has 3 aromatic rings. The van der Waals surface area contributed by atoms with Crippen LogP contribution in [0.2, 0.25) is 5.02 Å². The normalized spacial score (nSPS) is 15.3. The zero-order chi connectivity index (χ0) is 28.2. The first kappa shape index (κ1) is 28.3. The van der Waals surface area contributed by atoms with Gasteiger partial charge in [0.1, 0.15) is 0 Å². The molecule has 8 nitrogen and oxygen atoms in total. The maximum absolute atomic E-state index is 13.7. The van der Waals surface area contributed by atoms with Crippen molar-refractivity contribution in [1.82, 2.24) is 5.32 Å². The van der Waals surface area contributed by atoms with Crippen LogP contribution >= 0.6 is 11.6 Å². The molecule has 204 valence electrons. The third kappa shape index (κ3) is 5.68. The van der Waals surface area contributed by atoms with Crippen LogP contribution in [0.4, 0.5) is 5.69 Å².